The third kappa shape index (κ3) is 30.9. The third-order valence-electron chi connectivity index (χ3n) is 11.9. The van der Waals surface area contributed by atoms with Gasteiger partial charge in [0, 0.05) is 100.0 Å². The predicted molar refractivity (Wildman–Crippen MR) is 295 cm³/mol. The average molecular weight is 1220 g/mol. The number of nitrogens with two attached hydrogens (primary N) is 1. The van der Waals surface area contributed by atoms with Crippen LogP contribution in [0.2, 0.25) is 0 Å². The van der Waals surface area contributed by atoms with E-state index in [0.29, 0.717) is 44.1 Å². The maximum absolute atomic E-state index is 13.7. The summed E-state index contributed by atoms with van der Waals surface area (Å²) < 4.78 is 23.4. The highest BCUT2D eigenvalue weighted by atomic mass is 32.2. The van der Waals surface area contributed by atoms with Gasteiger partial charge in [-0.2, -0.15) is 11.8 Å². The number of likely N-dealkylation sites (N-methyl/N-ethyl adjacent to an activating group) is 1. The lowest BCUT2D eigenvalue weighted by atomic mass is 10.1. The number of primary amides is 1. The molecule has 0 aliphatic rings. The molecule has 0 fully saturated rings. The summed E-state index contributed by atoms with van der Waals surface area (Å²) in [6, 6.07) is -6.35. The fourth-order valence-corrected chi connectivity index (χ4v) is 11.7. The van der Waals surface area contributed by atoms with Crippen LogP contribution in [0.4, 0.5) is 0 Å². The monoisotopic (exact) mass is 1220 g/mol. The van der Waals surface area contributed by atoms with Crippen molar-refractivity contribution in [3.8, 4) is 0 Å². The van der Waals surface area contributed by atoms with Crippen LogP contribution in [-0.4, -0.2) is 198 Å². The molecule has 33 nitrogen and oxygen atoms in total. The molecule has 0 saturated heterocycles. The van der Waals surface area contributed by atoms with Gasteiger partial charge in [-0.1, -0.05) is 0 Å². The van der Waals surface area contributed by atoms with E-state index in [9.17, 15) is 81.4 Å². The van der Waals surface area contributed by atoms with Gasteiger partial charge in [-0.05, 0) is 59.4 Å². The molecule has 460 valence electrons. The molecule has 2 heterocycles. The van der Waals surface area contributed by atoms with Crippen LogP contribution in [0.15, 0.2) is 25.0 Å². The molecule has 0 aliphatic carbocycles. The lowest BCUT2D eigenvalue weighted by Gasteiger charge is -2.25. The first-order chi connectivity index (χ1) is 38.7. The van der Waals surface area contributed by atoms with Crippen molar-refractivity contribution in [2.45, 2.75) is 127 Å². The number of rotatable bonds is 42. The van der Waals surface area contributed by atoms with E-state index in [4.69, 9.17) is 5.73 Å². The van der Waals surface area contributed by atoms with Crippen LogP contribution < -0.4 is 64.2 Å². The lowest BCUT2D eigenvalue weighted by molar-refractivity contribution is -0.134. The molecule has 11 amide bonds. The van der Waals surface area contributed by atoms with Gasteiger partial charge in [-0.25, -0.2) is 9.97 Å². The number of hydrogen-bond donors (Lipinski definition) is 18. The Morgan fingerprint density at radius 2 is 0.915 bits per heavy atom. The number of aromatic nitrogens is 4. The number of nitrogens with zero attached hydrogens (tertiary/aromatic N) is 2. The average Bonchev–Trinajstić information content (AvgIpc) is 4.20. The zero-order chi connectivity index (χ0) is 61.3. The first-order valence-corrected chi connectivity index (χ1v) is 30.6. The highest BCUT2D eigenvalue weighted by molar-refractivity contribution is 8.00. The van der Waals surface area contributed by atoms with Crippen LogP contribution in [0.3, 0.4) is 0 Å². The molecule has 5 unspecified atom stereocenters. The molecule has 2 rings (SSSR count). The minimum absolute atomic E-state index is 0.0327. The minimum atomic E-state index is -5.23. The Kier molecular flexibility index (Phi) is 33.1. The van der Waals surface area contributed by atoms with Crippen molar-refractivity contribution in [2.75, 3.05) is 57.8 Å². The Labute approximate surface area is 476 Å². The number of thioether (sulfide) groups is 1. The summed E-state index contributed by atoms with van der Waals surface area (Å²) in [4.78, 5) is 191. The molecule has 5 atom stereocenters. The number of carbonyl (C=O) groups is 11. The van der Waals surface area contributed by atoms with Crippen molar-refractivity contribution in [3.63, 3.8) is 0 Å². The second-order valence-electron chi connectivity index (χ2n) is 18.6. The highest BCUT2D eigenvalue weighted by Crippen LogP contribution is 2.60. The van der Waals surface area contributed by atoms with E-state index in [1.165, 1.54) is 33.5 Å². The number of amides is 11. The molecule has 0 bridgehead atoms. The summed E-state index contributed by atoms with van der Waals surface area (Å²) in [5.41, 5.74) is 7.23. The number of H-pyrrole nitrogens is 2. The summed E-state index contributed by atoms with van der Waals surface area (Å²) in [5.74, 6) is -8.02. The van der Waals surface area contributed by atoms with Gasteiger partial charge >= 0.3 is 15.2 Å². The second kappa shape index (κ2) is 38.1. The van der Waals surface area contributed by atoms with E-state index in [-0.39, 0.29) is 95.0 Å². The van der Waals surface area contributed by atoms with Crippen LogP contribution in [0, 0.1) is 0 Å². The van der Waals surface area contributed by atoms with Crippen molar-refractivity contribution in [2.24, 2.45) is 5.73 Å². The summed E-state index contributed by atoms with van der Waals surface area (Å²) in [5, 5.41) is 25.7. The SMILES string of the molecule is CNC(CSCC(P(=O)(O)O)P(=O)(O)O)C(=O)NC(C)C(=O)NC(CCCCNC(=O)CNC(=O)CCC(=O)NCCc1cnc[nH]1)C(=O)NC(C)C(=O)NC(CCCCNC(=O)CNC(=O)CCC(=O)NCCc1cnc[nH]1)C(N)=O. The molecule has 0 aromatic carbocycles. The van der Waals surface area contributed by atoms with E-state index in [2.05, 4.69) is 78.4 Å². The molecule has 82 heavy (non-hydrogen) atoms. The van der Waals surface area contributed by atoms with Gasteiger partial charge in [0.25, 0.3) is 0 Å². The molecule has 19 N–H and O–H groups in total. The molecule has 0 radical (unpaired) electrons. The fraction of sp³-hybridized carbons (Fsp3) is 0.630. The third-order valence-corrected chi connectivity index (χ3v) is 17.2. The number of carbonyl (C=O) groups excluding carboxylic acids is 11. The van der Waals surface area contributed by atoms with Gasteiger partial charge in [0.05, 0.1) is 31.8 Å². The Balaban J connectivity index is 1.92. The van der Waals surface area contributed by atoms with E-state index in [1.807, 2.05) is 0 Å². The molecule has 2 aromatic heterocycles. The summed E-state index contributed by atoms with van der Waals surface area (Å²) >= 11 is 0.660. The van der Waals surface area contributed by atoms with Gasteiger partial charge in [0.1, 0.15) is 24.2 Å². The molecule has 0 spiro atoms. The lowest BCUT2D eigenvalue weighted by Crippen LogP contribution is -2.58. The number of hydrogen-bond acceptors (Lipinski definition) is 17. The first kappa shape index (κ1) is 71.3. The summed E-state index contributed by atoms with van der Waals surface area (Å²) in [7, 11) is -9.11. The largest absolute Gasteiger partial charge is 0.368 e. The van der Waals surface area contributed by atoms with Crippen LogP contribution in [0.1, 0.15) is 89.4 Å². The van der Waals surface area contributed by atoms with Gasteiger partial charge in [0.15, 0.2) is 5.40 Å². The molecule has 36 heteroatoms. The van der Waals surface area contributed by atoms with Gasteiger partial charge < -0.3 is 93.8 Å². The standard InChI is InChI=1S/C46H78N16O17P2S/c1-28(43(70)61-32(42(47)69)8-4-6-16-51-39(67)22-55-37(65)12-10-35(63)53-18-14-30-20-49-26-57-30)59-45(72)33(62-44(71)29(2)60-46(73)34(48-3)24-82-25-41(80(74,75)76)81(77,78)79)9-5-7-17-52-40(68)23-56-38(66)13-11-36(64)54-19-15-31-21-50-27-58-31/h20-21,26-29,32-34,41,48H,4-19,22-25H2,1-3H3,(H2,47,69)(H,49,57)(H,50,58)(H,51,67)(H,52,68)(H,53,63)(H,54,64)(H,55,65)(H,56,66)(H,59,72)(H,60,73)(H,61,70)(H,62,71)(H2,74,75,76)(H2,77,78,79). The molecule has 0 saturated carbocycles. The zero-order valence-corrected chi connectivity index (χ0v) is 48.4. The maximum atomic E-state index is 13.7. The van der Waals surface area contributed by atoms with Crippen molar-refractivity contribution < 1.29 is 81.4 Å². The predicted octanol–water partition coefficient (Wildman–Crippen LogP) is -5.02. The van der Waals surface area contributed by atoms with Crippen LogP contribution in [-0.2, 0) is 74.7 Å². The Bertz CT molecular complexity index is 2480. The zero-order valence-electron chi connectivity index (χ0n) is 45.8. The van der Waals surface area contributed by atoms with E-state index < -0.39 is 116 Å². The van der Waals surface area contributed by atoms with Gasteiger partial charge in [-0.15, -0.1) is 0 Å². The highest BCUT2D eigenvalue weighted by Gasteiger charge is 2.43. The smallest absolute Gasteiger partial charge is 0.341 e. The van der Waals surface area contributed by atoms with Crippen molar-refractivity contribution in [1.29, 1.82) is 0 Å². The minimum Gasteiger partial charge on any atom is -0.368 e. The van der Waals surface area contributed by atoms with Crippen molar-refractivity contribution >= 4 is 91.9 Å². The van der Waals surface area contributed by atoms with E-state index >= 15 is 0 Å². The van der Waals surface area contributed by atoms with E-state index in [0.717, 1.165) is 11.4 Å². The summed E-state index contributed by atoms with van der Waals surface area (Å²) in [6.45, 7) is 2.72. The fourth-order valence-electron chi connectivity index (χ4n) is 7.09. The van der Waals surface area contributed by atoms with Crippen molar-refractivity contribution in [1.82, 2.24) is 78.4 Å². The number of unbranched alkanes of at least 4 members (excludes halogenated alkanes) is 2. The number of imidazole rings is 2. The van der Waals surface area contributed by atoms with Crippen LogP contribution in [0.5, 0.6) is 0 Å². The first-order valence-electron chi connectivity index (χ1n) is 26.1. The maximum Gasteiger partial charge on any atom is 0.341 e. The Morgan fingerprint density at radius 3 is 1.30 bits per heavy atom. The normalized spacial score (nSPS) is 13.2. The van der Waals surface area contributed by atoms with Crippen LogP contribution >= 0.6 is 27.0 Å². The van der Waals surface area contributed by atoms with Gasteiger partial charge in [-0.3, -0.25) is 61.9 Å². The molecule has 0 aliphatic heterocycles. The molecular weight excluding hydrogens is 1140 g/mol. The van der Waals surface area contributed by atoms with E-state index in [1.54, 1.807) is 12.4 Å². The van der Waals surface area contributed by atoms with Crippen molar-refractivity contribution in [3.05, 3.63) is 36.4 Å². The topological polar surface area (TPSA) is 519 Å². The van der Waals surface area contributed by atoms with Gasteiger partial charge in [0.2, 0.25) is 65.0 Å². The van der Waals surface area contributed by atoms with Crippen LogP contribution in [0.25, 0.3) is 0 Å². The molecular formula is C46H78N16O17P2S. The quantitative estimate of drug-likeness (QED) is 0.0219. The number of aromatic amines is 2. The number of nitrogens with one attached hydrogen (secondary N) is 13. The summed E-state index contributed by atoms with van der Waals surface area (Å²) in [6.07, 6.45) is 7.84. The second-order valence-corrected chi connectivity index (χ2v) is 23.7. The molecule has 2 aromatic rings. The Morgan fingerprint density at radius 1 is 0.524 bits per heavy atom. The Hall–Kier alpha value is -6.80.